The molecule has 1 aliphatic heterocycles. The van der Waals surface area contributed by atoms with Crippen LogP contribution in [0.15, 0.2) is 64.1 Å². The summed E-state index contributed by atoms with van der Waals surface area (Å²) in [7, 11) is -3.58. The van der Waals surface area contributed by atoms with Crippen molar-refractivity contribution >= 4 is 15.8 Å². The van der Waals surface area contributed by atoms with Crippen molar-refractivity contribution in [1.29, 1.82) is 0 Å². The molecule has 2 heterocycles. The second-order valence-electron chi connectivity index (χ2n) is 6.32. The maximum Gasteiger partial charge on any atom is 0.339 e. The van der Waals surface area contributed by atoms with Gasteiger partial charge in [-0.05, 0) is 25.1 Å². The lowest BCUT2D eigenvalue weighted by atomic mass is 9.95. The second kappa shape index (κ2) is 6.28. The number of hydrogen-bond acceptors (Lipinski definition) is 5. The number of furan rings is 1. The molecule has 138 valence electrons. The SMILES string of the molecule is CC1Oc2c(C(=O)O)cccc2-c2c(CS(=O)(=O)c3ccccc3)coc21. The van der Waals surface area contributed by atoms with Crippen molar-refractivity contribution in [3.63, 3.8) is 0 Å². The lowest BCUT2D eigenvalue weighted by Crippen LogP contribution is -2.14. The van der Waals surface area contributed by atoms with Crippen molar-refractivity contribution in [1.82, 2.24) is 0 Å². The van der Waals surface area contributed by atoms with Crippen molar-refractivity contribution in [2.24, 2.45) is 0 Å². The van der Waals surface area contributed by atoms with Crippen LogP contribution < -0.4 is 4.74 Å². The minimum absolute atomic E-state index is 0.0306. The number of carbonyl (C=O) groups is 1. The molecule has 7 heteroatoms. The van der Waals surface area contributed by atoms with Gasteiger partial charge in [0.1, 0.15) is 11.3 Å². The third kappa shape index (κ3) is 2.90. The monoisotopic (exact) mass is 384 g/mol. The molecule has 0 aliphatic carbocycles. The first-order chi connectivity index (χ1) is 12.9. The molecule has 0 spiro atoms. The molecule has 6 nitrogen and oxygen atoms in total. The summed E-state index contributed by atoms with van der Waals surface area (Å²) in [5.41, 5.74) is 1.62. The highest BCUT2D eigenvalue weighted by Crippen LogP contribution is 2.47. The minimum atomic E-state index is -3.58. The zero-order chi connectivity index (χ0) is 19.2. The fourth-order valence-corrected chi connectivity index (χ4v) is 4.66. The van der Waals surface area contributed by atoms with Crippen molar-refractivity contribution in [3.05, 3.63) is 71.7 Å². The van der Waals surface area contributed by atoms with E-state index in [9.17, 15) is 18.3 Å². The number of sulfone groups is 1. The van der Waals surface area contributed by atoms with E-state index in [1.807, 2.05) is 0 Å². The Morgan fingerprint density at radius 2 is 1.85 bits per heavy atom. The molecule has 1 N–H and O–H groups in total. The molecule has 27 heavy (non-hydrogen) atoms. The number of rotatable bonds is 4. The van der Waals surface area contributed by atoms with Crippen LogP contribution in [-0.4, -0.2) is 19.5 Å². The second-order valence-corrected chi connectivity index (χ2v) is 8.31. The normalized spacial score (nSPS) is 15.5. The van der Waals surface area contributed by atoms with Crippen LogP contribution in [0.3, 0.4) is 0 Å². The van der Waals surface area contributed by atoms with Crippen molar-refractivity contribution in [3.8, 4) is 16.9 Å². The van der Waals surface area contributed by atoms with Gasteiger partial charge in [-0.2, -0.15) is 0 Å². The summed E-state index contributed by atoms with van der Waals surface area (Å²) >= 11 is 0. The molecular weight excluding hydrogens is 368 g/mol. The molecule has 0 saturated heterocycles. The van der Waals surface area contributed by atoms with E-state index in [0.29, 0.717) is 22.5 Å². The number of ether oxygens (including phenoxy) is 1. The number of aromatic carboxylic acids is 1. The number of carboxylic acids is 1. The van der Waals surface area contributed by atoms with Crippen molar-refractivity contribution in [2.45, 2.75) is 23.7 Å². The van der Waals surface area contributed by atoms with Gasteiger partial charge >= 0.3 is 5.97 Å². The number of carboxylic acid groups (broad SMARTS) is 1. The van der Waals surface area contributed by atoms with E-state index in [2.05, 4.69) is 0 Å². The van der Waals surface area contributed by atoms with E-state index in [4.69, 9.17) is 9.15 Å². The summed E-state index contributed by atoms with van der Waals surface area (Å²) < 4.78 is 36.9. The molecule has 0 fully saturated rings. The molecule has 0 radical (unpaired) electrons. The average molecular weight is 384 g/mol. The molecule has 4 rings (SSSR count). The maximum atomic E-state index is 12.8. The van der Waals surface area contributed by atoms with E-state index in [1.165, 1.54) is 12.3 Å². The first kappa shape index (κ1) is 17.4. The van der Waals surface area contributed by atoms with Gasteiger partial charge in [-0.1, -0.05) is 30.3 Å². The predicted molar refractivity (Wildman–Crippen MR) is 97.5 cm³/mol. The lowest BCUT2D eigenvalue weighted by molar-refractivity contribution is 0.0688. The van der Waals surface area contributed by atoms with Crippen LogP contribution in [0.25, 0.3) is 11.1 Å². The van der Waals surface area contributed by atoms with Gasteiger partial charge in [0.25, 0.3) is 0 Å². The van der Waals surface area contributed by atoms with Gasteiger partial charge in [0.05, 0.1) is 16.9 Å². The topological polar surface area (TPSA) is 93.8 Å². The largest absolute Gasteiger partial charge is 0.481 e. The van der Waals surface area contributed by atoms with E-state index in [0.717, 1.165) is 0 Å². The summed E-state index contributed by atoms with van der Waals surface area (Å²) in [6.45, 7) is 1.74. The standard InChI is InChI=1S/C20H16O6S/c1-12-18-17(15-8-5-9-16(20(21)22)19(15)26-12)13(10-25-18)11-27(23,24)14-6-3-2-4-7-14/h2-10,12H,11H2,1H3,(H,21,22). The van der Waals surface area contributed by atoms with Crippen LogP contribution >= 0.6 is 0 Å². The molecule has 2 aromatic carbocycles. The van der Waals surface area contributed by atoms with Gasteiger partial charge in [0.15, 0.2) is 21.7 Å². The summed E-state index contributed by atoms with van der Waals surface area (Å²) in [6, 6.07) is 13.0. The van der Waals surface area contributed by atoms with Gasteiger partial charge in [-0.15, -0.1) is 0 Å². The van der Waals surface area contributed by atoms with Crippen LogP contribution in [0.1, 0.15) is 34.7 Å². The Morgan fingerprint density at radius 3 is 2.56 bits per heavy atom. The number of fused-ring (bicyclic) bond motifs is 3. The number of hydrogen-bond donors (Lipinski definition) is 1. The van der Waals surface area contributed by atoms with Crippen molar-refractivity contribution < 1.29 is 27.5 Å². The first-order valence-electron chi connectivity index (χ1n) is 8.30. The summed E-state index contributed by atoms with van der Waals surface area (Å²) in [6.07, 6.45) is 0.884. The average Bonchev–Trinajstić information content (AvgIpc) is 3.06. The Morgan fingerprint density at radius 1 is 1.11 bits per heavy atom. The molecule has 0 saturated carbocycles. The quantitative estimate of drug-likeness (QED) is 0.729. The van der Waals surface area contributed by atoms with Crippen LogP contribution in [0.5, 0.6) is 5.75 Å². The molecule has 1 aromatic heterocycles. The third-order valence-corrected chi connectivity index (χ3v) is 6.20. The van der Waals surface area contributed by atoms with Crippen LogP contribution in [0.2, 0.25) is 0 Å². The van der Waals surface area contributed by atoms with Gasteiger partial charge in [0, 0.05) is 16.7 Å². The Labute approximate surface area is 155 Å². The highest BCUT2D eigenvalue weighted by Gasteiger charge is 2.33. The van der Waals surface area contributed by atoms with Gasteiger partial charge in [-0.25, -0.2) is 13.2 Å². The predicted octanol–water partition coefficient (Wildman–Crippen LogP) is 4.07. The van der Waals surface area contributed by atoms with Crippen LogP contribution in [0.4, 0.5) is 0 Å². The first-order valence-corrected chi connectivity index (χ1v) is 9.95. The molecule has 1 atom stereocenters. The van der Waals surface area contributed by atoms with Gasteiger partial charge in [0.2, 0.25) is 0 Å². The maximum absolute atomic E-state index is 12.8. The molecule has 1 aliphatic rings. The minimum Gasteiger partial charge on any atom is -0.481 e. The molecule has 1 unspecified atom stereocenters. The zero-order valence-electron chi connectivity index (χ0n) is 14.4. The Bertz CT molecular complexity index is 1130. The van der Waals surface area contributed by atoms with E-state index < -0.39 is 21.9 Å². The summed E-state index contributed by atoms with van der Waals surface area (Å²) in [4.78, 5) is 11.8. The van der Waals surface area contributed by atoms with E-state index in [1.54, 1.807) is 49.4 Å². The molecular formula is C20H16O6S. The molecule has 3 aromatic rings. The summed E-state index contributed by atoms with van der Waals surface area (Å²) in [5.74, 6) is -0.642. The van der Waals surface area contributed by atoms with E-state index >= 15 is 0 Å². The van der Waals surface area contributed by atoms with E-state index in [-0.39, 0.29) is 22.0 Å². The fraction of sp³-hybridized carbons (Fsp3) is 0.150. The smallest absolute Gasteiger partial charge is 0.339 e. The Kier molecular flexibility index (Phi) is 4.04. The van der Waals surface area contributed by atoms with Gasteiger partial charge < -0.3 is 14.3 Å². The Hall–Kier alpha value is -3.06. The fourth-order valence-electron chi connectivity index (χ4n) is 3.30. The molecule has 0 bridgehead atoms. The molecule has 0 amide bonds. The summed E-state index contributed by atoms with van der Waals surface area (Å²) in [5, 5.41) is 9.43. The van der Waals surface area contributed by atoms with Crippen LogP contribution in [0, 0.1) is 0 Å². The lowest BCUT2D eigenvalue weighted by Gasteiger charge is -2.24. The van der Waals surface area contributed by atoms with Gasteiger partial charge in [-0.3, -0.25) is 0 Å². The number of benzene rings is 2. The highest BCUT2D eigenvalue weighted by molar-refractivity contribution is 7.90. The highest BCUT2D eigenvalue weighted by atomic mass is 32.2. The zero-order valence-corrected chi connectivity index (χ0v) is 15.2. The van der Waals surface area contributed by atoms with Crippen molar-refractivity contribution in [2.75, 3.05) is 0 Å². The van der Waals surface area contributed by atoms with Crippen LogP contribution in [-0.2, 0) is 15.6 Å². The Balaban J connectivity index is 1.84. The third-order valence-electron chi connectivity index (χ3n) is 4.52. The number of para-hydroxylation sites is 1.